The van der Waals surface area contributed by atoms with Gasteiger partial charge in [0.1, 0.15) is 11.3 Å². The molecule has 2 aliphatic rings. The van der Waals surface area contributed by atoms with Crippen molar-refractivity contribution in [2.75, 3.05) is 31.1 Å². The molecular weight excluding hydrogens is 501 g/mol. The molecule has 0 radical (unpaired) electrons. The van der Waals surface area contributed by atoms with Crippen molar-refractivity contribution in [1.29, 1.82) is 0 Å². The predicted molar refractivity (Wildman–Crippen MR) is 140 cm³/mol. The van der Waals surface area contributed by atoms with E-state index in [9.17, 15) is 9.90 Å². The second kappa shape index (κ2) is 10.1. The van der Waals surface area contributed by atoms with E-state index in [-0.39, 0.29) is 36.6 Å². The largest absolute Gasteiger partial charge is 0.395 e. The quantitative estimate of drug-likeness (QED) is 0.501. The maximum absolute atomic E-state index is 12.5. The van der Waals surface area contributed by atoms with E-state index >= 15 is 0 Å². The van der Waals surface area contributed by atoms with Crippen LogP contribution in [0.1, 0.15) is 43.5 Å². The molecule has 4 atom stereocenters. The number of nitrogens with two attached hydrogens (primary N) is 1. The first-order valence-corrected chi connectivity index (χ1v) is 13.1. The monoisotopic (exact) mass is 531 g/mol. The molecule has 0 unspecified atom stereocenters. The second-order valence-corrected chi connectivity index (χ2v) is 10.6. The molecule has 0 spiro atoms. The van der Waals surface area contributed by atoms with Gasteiger partial charge in [0.2, 0.25) is 5.91 Å². The molecule has 1 amide bonds. The topological polar surface area (TPSA) is 113 Å². The number of anilines is 1. The van der Waals surface area contributed by atoms with E-state index < -0.39 is 0 Å². The molecule has 0 saturated carbocycles. The lowest BCUT2D eigenvalue weighted by molar-refractivity contribution is -0.124. The number of aromatic nitrogens is 4. The summed E-state index contributed by atoms with van der Waals surface area (Å²) in [6.45, 7) is 6.08. The highest BCUT2D eigenvalue weighted by Gasteiger charge is 2.41. The average molecular weight is 532 g/mol. The highest BCUT2D eigenvalue weighted by Crippen LogP contribution is 2.33. The van der Waals surface area contributed by atoms with Gasteiger partial charge in [-0.15, -0.1) is 0 Å². The molecule has 3 aromatic rings. The maximum Gasteiger partial charge on any atom is 0.223 e. The fraction of sp³-hybridized carbons (Fsp3) is 0.520. The molecule has 36 heavy (non-hydrogen) atoms. The Morgan fingerprint density at radius 1 is 1.28 bits per heavy atom. The van der Waals surface area contributed by atoms with Gasteiger partial charge in [-0.05, 0) is 57.4 Å². The summed E-state index contributed by atoms with van der Waals surface area (Å²) in [6.07, 6.45) is 4.48. The van der Waals surface area contributed by atoms with Gasteiger partial charge in [-0.3, -0.25) is 9.69 Å². The summed E-state index contributed by atoms with van der Waals surface area (Å²) in [4.78, 5) is 26.5. The lowest BCUT2D eigenvalue weighted by Crippen LogP contribution is -2.57. The van der Waals surface area contributed by atoms with E-state index in [2.05, 4.69) is 14.8 Å². The SMILES string of the molecule is Cc1nn([C@H](C)c2ccc(Cl)cc2Cl)c2nc(N3CC[C@H](N4CCC[C@H]4CO)[C@H](C(N)=O)C3)cnc12. The van der Waals surface area contributed by atoms with E-state index in [1.54, 1.807) is 12.3 Å². The zero-order valence-electron chi connectivity index (χ0n) is 20.4. The molecule has 9 nitrogen and oxygen atoms in total. The Hall–Kier alpha value is -2.46. The standard InChI is InChI=1S/C25H31Cl2N7O2/c1-14-23-25(34(31-14)15(2)18-6-5-16(26)10-20(18)27)30-22(11-29-23)32-9-7-21(19(12-32)24(28)36)33-8-3-4-17(33)13-35/h5-6,10-11,15,17,19,21,35H,3-4,7-9,12-13H2,1-2H3,(H2,28,36)/t15-,17+,19-,21+/m1/s1. The minimum atomic E-state index is -0.359. The summed E-state index contributed by atoms with van der Waals surface area (Å²) in [5.74, 6) is -0.000981. The molecule has 192 valence electrons. The van der Waals surface area contributed by atoms with Crippen molar-refractivity contribution in [3.63, 3.8) is 0 Å². The van der Waals surface area contributed by atoms with E-state index in [1.807, 2.05) is 30.7 Å². The molecule has 11 heteroatoms. The number of aryl methyl sites for hydroxylation is 1. The number of halogens is 2. The molecule has 2 aliphatic heterocycles. The third kappa shape index (κ3) is 4.53. The first kappa shape index (κ1) is 25.2. The molecule has 5 rings (SSSR count). The molecule has 2 fully saturated rings. The van der Waals surface area contributed by atoms with E-state index in [0.29, 0.717) is 28.1 Å². The van der Waals surface area contributed by atoms with Crippen LogP contribution in [0.15, 0.2) is 24.4 Å². The van der Waals surface area contributed by atoms with Gasteiger partial charge in [-0.1, -0.05) is 29.3 Å². The van der Waals surface area contributed by atoms with Crippen LogP contribution in [0, 0.1) is 12.8 Å². The number of primary amides is 1. The number of amides is 1. The summed E-state index contributed by atoms with van der Waals surface area (Å²) in [7, 11) is 0. The van der Waals surface area contributed by atoms with Crippen LogP contribution in [-0.2, 0) is 4.79 Å². The minimum Gasteiger partial charge on any atom is -0.395 e. The summed E-state index contributed by atoms with van der Waals surface area (Å²) in [5, 5.41) is 15.7. The molecule has 4 heterocycles. The maximum atomic E-state index is 12.5. The summed E-state index contributed by atoms with van der Waals surface area (Å²) >= 11 is 12.6. The lowest BCUT2D eigenvalue weighted by atomic mass is 9.89. The number of rotatable bonds is 6. The van der Waals surface area contributed by atoms with Gasteiger partial charge in [0.25, 0.3) is 0 Å². The van der Waals surface area contributed by atoms with Crippen LogP contribution in [0.25, 0.3) is 11.2 Å². The number of hydrogen-bond donors (Lipinski definition) is 2. The summed E-state index contributed by atoms with van der Waals surface area (Å²) in [6, 6.07) is 5.36. The first-order chi connectivity index (χ1) is 17.3. The number of fused-ring (bicyclic) bond motifs is 1. The number of hydrogen-bond acceptors (Lipinski definition) is 7. The van der Waals surface area contributed by atoms with E-state index in [0.717, 1.165) is 49.1 Å². The predicted octanol–water partition coefficient (Wildman–Crippen LogP) is 3.19. The number of aliphatic hydroxyl groups excluding tert-OH is 1. The number of aliphatic hydroxyl groups is 1. The average Bonchev–Trinajstić information content (AvgIpc) is 3.47. The van der Waals surface area contributed by atoms with E-state index in [1.165, 1.54) is 0 Å². The van der Waals surface area contributed by atoms with E-state index in [4.69, 9.17) is 39.0 Å². The van der Waals surface area contributed by atoms with Crippen LogP contribution in [0.4, 0.5) is 5.82 Å². The van der Waals surface area contributed by atoms with Crippen molar-refractivity contribution < 1.29 is 9.90 Å². The molecule has 0 aliphatic carbocycles. The Balaban J connectivity index is 1.45. The normalized spacial score (nSPS) is 23.9. The zero-order valence-corrected chi connectivity index (χ0v) is 22.0. The van der Waals surface area contributed by atoms with Crippen molar-refractivity contribution in [3.05, 3.63) is 45.7 Å². The number of nitrogens with zero attached hydrogens (tertiary/aromatic N) is 6. The fourth-order valence-corrected chi connectivity index (χ4v) is 6.32. The van der Waals surface area contributed by atoms with Gasteiger partial charge in [-0.2, -0.15) is 5.10 Å². The Kier molecular flexibility index (Phi) is 7.09. The Morgan fingerprint density at radius 2 is 2.08 bits per heavy atom. The number of piperidine rings is 1. The Bertz CT molecular complexity index is 1280. The van der Waals surface area contributed by atoms with Crippen LogP contribution in [0.3, 0.4) is 0 Å². The Labute approximate surface area is 220 Å². The zero-order chi connectivity index (χ0) is 25.6. The van der Waals surface area contributed by atoms with Gasteiger partial charge < -0.3 is 15.7 Å². The van der Waals surface area contributed by atoms with Gasteiger partial charge in [-0.25, -0.2) is 14.6 Å². The smallest absolute Gasteiger partial charge is 0.223 e. The third-order valence-electron chi connectivity index (χ3n) is 7.66. The molecular formula is C25H31Cl2N7O2. The number of benzene rings is 1. The van der Waals surface area contributed by atoms with Crippen LogP contribution in [0.5, 0.6) is 0 Å². The molecule has 0 bridgehead atoms. The van der Waals surface area contributed by atoms with Crippen molar-refractivity contribution in [2.45, 2.75) is 51.2 Å². The first-order valence-electron chi connectivity index (χ1n) is 12.4. The third-order valence-corrected chi connectivity index (χ3v) is 8.23. The van der Waals surface area contributed by atoms with Crippen LogP contribution < -0.4 is 10.6 Å². The van der Waals surface area contributed by atoms with Crippen molar-refractivity contribution >= 4 is 46.1 Å². The van der Waals surface area contributed by atoms with Crippen LogP contribution in [-0.4, -0.2) is 74.0 Å². The minimum absolute atomic E-state index is 0.0231. The van der Waals surface area contributed by atoms with Crippen LogP contribution in [0.2, 0.25) is 10.0 Å². The van der Waals surface area contributed by atoms with Crippen molar-refractivity contribution in [1.82, 2.24) is 24.6 Å². The lowest BCUT2D eigenvalue weighted by Gasteiger charge is -2.43. The number of likely N-dealkylation sites (tertiary alicyclic amines) is 1. The van der Waals surface area contributed by atoms with Gasteiger partial charge in [0, 0.05) is 35.2 Å². The second-order valence-electron chi connectivity index (χ2n) is 9.80. The van der Waals surface area contributed by atoms with Crippen molar-refractivity contribution in [3.8, 4) is 0 Å². The molecule has 3 N–H and O–H groups in total. The molecule has 2 saturated heterocycles. The fourth-order valence-electron chi connectivity index (χ4n) is 5.75. The van der Waals surface area contributed by atoms with Gasteiger partial charge >= 0.3 is 0 Å². The molecule has 1 aromatic carbocycles. The summed E-state index contributed by atoms with van der Waals surface area (Å²) < 4.78 is 1.84. The summed E-state index contributed by atoms with van der Waals surface area (Å²) in [5.41, 5.74) is 8.91. The highest BCUT2D eigenvalue weighted by atomic mass is 35.5. The number of carbonyl (C=O) groups excluding carboxylic acids is 1. The highest BCUT2D eigenvalue weighted by molar-refractivity contribution is 6.35. The number of carbonyl (C=O) groups is 1. The van der Waals surface area contributed by atoms with Gasteiger partial charge in [0.05, 0.1) is 30.5 Å². The van der Waals surface area contributed by atoms with Crippen molar-refractivity contribution in [2.24, 2.45) is 11.7 Å². The van der Waals surface area contributed by atoms with Crippen LogP contribution >= 0.6 is 23.2 Å². The van der Waals surface area contributed by atoms with Gasteiger partial charge in [0.15, 0.2) is 5.65 Å². The Morgan fingerprint density at radius 3 is 2.81 bits per heavy atom. The molecule has 2 aromatic heterocycles.